The van der Waals surface area contributed by atoms with Gasteiger partial charge in [0.25, 0.3) is 5.91 Å². The standard InChI is InChI=1S/C29H24N2OS/c32-27-29(25-17-9-3-10-18-25,26-19-11-4-12-20-26)33-28(30-21-23-13-5-1-6-14-23)31(27)22-24-15-7-2-8-16-24/h1-20H,21-22H2. The van der Waals surface area contributed by atoms with E-state index in [1.165, 1.54) is 0 Å². The van der Waals surface area contributed by atoms with Gasteiger partial charge in [-0.15, -0.1) is 0 Å². The van der Waals surface area contributed by atoms with Gasteiger partial charge in [-0.25, -0.2) is 0 Å². The van der Waals surface area contributed by atoms with Crippen LogP contribution in [-0.4, -0.2) is 16.0 Å². The average Bonchev–Trinajstić information content (AvgIpc) is 3.17. The molecule has 0 bridgehead atoms. The van der Waals surface area contributed by atoms with E-state index in [0.717, 1.165) is 27.4 Å². The first-order valence-corrected chi connectivity index (χ1v) is 11.8. The van der Waals surface area contributed by atoms with Crippen LogP contribution in [0.25, 0.3) is 0 Å². The second kappa shape index (κ2) is 9.47. The average molecular weight is 449 g/mol. The Morgan fingerprint density at radius 3 is 1.61 bits per heavy atom. The van der Waals surface area contributed by atoms with Crippen molar-refractivity contribution in [3.8, 4) is 0 Å². The second-order valence-electron chi connectivity index (χ2n) is 7.98. The molecule has 33 heavy (non-hydrogen) atoms. The quantitative estimate of drug-likeness (QED) is 0.349. The number of rotatable bonds is 6. The molecule has 4 heteroatoms. The van der Waals surface area contributed by atoms with Crippen molar-refractivity contribution in [2.75, 3.05) is 0 Å². The number of carbonyl (C=O) groups excluding carboxylic acids is 1. The third kappa shape index (κ3) is 4.22. The Hall–Kier alpha value is -3.63. The maximum atomic E-state index is 14.3. The molecule has 0 atom stereocenters. The van der Waals surface area contributed by atoms with Gasteiger partial charge >= 0.3 is 0 Å². The molecule has 0 aliphatic carbocycles. The third-order valence-corrected chi connectivity index (χ3v) is 7.29. The molecule has 1 amide bonds. The molecule has 0 aromatic heterocycles. The smallest absolute Gasteiger partial charge is 0.254 e. The largest absolute Gasteiger partial charge is 0.285 e. The molecule has 162 valence electrons. The van der Waals surface area contributed by atoms with Crippen LogP contribution >= 0.6 is 11.8 Å². The summed E-state index contributed by atoms with van der Waals surface area (Å²) in [6, 6.07) is 40.4. The highest BCUT2D eigenvalue weighted by Crippen LogP contribution is 2.50. The number of amides is 1. The van der Waals surface area contributed by atoms with Crippen molar-refractivity contribution in [1.29, 1.82) is 0 Å². The highest BCUT2D eigenvalue weighted by atomic mass is 32.2. The Balaban J connectivity index is 1.62. The van der Waals surface area contributed by atoms with E-state index in [1.54, 1.807) is 11.8 Å². The molecule has 1 aliphatic rings. The van der Waals surface area contributed by atoms with Crippen molar-refractivity contribution >= 4 is 22.8 Å². The maximum Gasteiger partial charge on any atom is 0.254 e. The summed E-state index contributed by atoms with van der Waals surface area (Å²) in [6.45, 7) is 1.02. The van der Waals surface area contributed by atoms with Gasteiger partial charge in [-0.2, -0.15) is 0 Å². The van der Waals surface area contributed by atoms with Crippen LogP contribution in [-0.2, 0) is 22.6 Å². The molecular weight excluding hydrogens is 424 g/mol. The molecule has 0 unspecified atom stereocenters. The first-order valence-electron chi connectivity index (χ1n) is 11.0. The number of amidine groups is 1. The van der Waals surface area contributed by atoms with Crippen molar-refractivity contribution in [3.63, 3.8) is 0 Å². The van der Waals surface area contributed by atoms with Crippen LogP contribution in [0.15, 0.2) is 126 Å². The Bertz CT molecular complexity index is 1200. The topological polar surface area (TPSA) is 32.7 Å². The normalized spacial score (nSPS) is 16.3. The number of aliphatic imine (C=N–C) groups is 1. The molecule has 1 fully saturated rings. The summed E-state index contributed by atoms with van der Waals surface area (Å²) in [5, 5.41) is 0.750. The highest BCUT2D eigenvalue weighted by molar-refractivity contribution is 8.16. The van der Waals surface area contributed by atoms with Gasteiger partial charge in [0.1, 0.15) is 0 Å². The molecule has 1 aliphatic heterocycles. The summed E-state index contributed by atoms with van der Waals surface area (Å²) in [5.74, 6) is 0.0422. The lowest BCUT2D eigenvalue weighted by atomic mass is 9.89. The van der Waals surface area contributed by atoms with Crippen LogP contribution in [0.4, 0.5) is 0 Å². The van der Waals surface area contributed by atoms with Gasteiger partial charge in [-0.3, -0.25) is 14.7 Å². The molecule has 1 heterocycles. The number of nitrogens with zero attached hydrogens (tertiary/aromatic N) is 2. The minimum absolute atomic E-state index is 0.0422. The van der Waals surface area contributed by atoms with Crippen molar-refractivity contribution in [2.45, 2.75) is 17.8 Å². The minimum Gasteiger partial charge on any atom is -0.285 e. The van der Waals surface area contributed by atoms with Crippen molar-refractivity contribution in [1.82, 2.24) is 4.90 Å². The maximum absolute atomic E-state index is 14.3. The number of carbonyl (C=O) groups is 1. The number of benzene rings is 4. The highest BCUT2D eigenvalue weighted by Gasteiger charge is 2.53. The monoisotopic (exact) mass is 448 g/mol. The number of hydrogen-bond donors (Lipinski definition) is 0. The molecule has 4 aromatic carbocycles. The van der Waals surface area contributed by atoms with Gasteiger partial charge in [0.15, 0.2) is 9.91 Å². The number of hydrogen-bond acceptors (Lipinski definition) is 3. The zero-order chi connectivity index (χ0) is 22.5. The van der Waals surface area contributed by atoms with Gasteiger partial charge in [0.05, 0.1) is 13.1 Å². The lowest BCUT2D eigenvalue weighted by Gasteiger charge is -2.27. The minimum atomic E-state index is -0.868. The zero-order valence-corrected chi connectivity index (χ0v) is 19.0. The predicted octanol–water partition coefficient (Wildman–Crippen LogP) is 6.26. The van der Waals surface area contributed by atoms with Gasteiger partial charge in [0, 0.05) is 0 Å². The molecule has 0 spiro atoms. The molecule has 1 saturated heterocycles. The SMILES string of the molecule is O=C1N(Cc2ccccc2)C(=NCc2ccccc2)SC1(c1ccccc1)c1ccccc1. The van der Waals surface area contributed by atoms with Gasteiger partial charge in [0.2, 0.25) is 0 Å². The first kappa shape index (κ1) is 21.2. The first-order chi connectivity index (χ1) is 16.3. The fourth-order valence-electron chi connectivity index (χ4n) is 4.16. The summed E-state index contributed by atoms with van der Waals surface area (Å²) in [4.78, 5) is 21.1. The molecule has 0 saturated carbocycles. The summed E-state index contributed by atoms with van der Waals surface area (Å²) >= 11 is 1.55. The van der Waals surface area contributed by atoms with E-state index in [2.05, 4.69) is 24.3 Å². The van der Waals surface area contributed by atoms with Gasteiger partial charge < -0.3 is 0 Å². The van der Waals surface area contributed by atoms with Crippen molar-refractivity contribution < 1.29 is 4.79 Å². The number of thioether (sulfide) groups is 1. The molecule has 4 aromatic rings. The van der Waals surface area contributed by atoms with E-state index in [0.29, 0.717) is 13.1 Å². The molecule has 5 rings (SSSR count). The van der Waals surface area contributed by atoms with E-state index in [-0.39, 0.29) is 5.91 Å². The van der Waals surface area contributed by atoms with Gasteiger partial charge in [-0.1, -0.05) is 133 Å². The summed E-state index contributed by atoms with van der Waals surface area (Å²) in [7, 11) is 0. The van der Waals surface area contributed by atoms with E-state index in [4.69, 9.17) is 4.99 Å². The fourth-order valence-corrected chi connectivity index (χ4v) is 5.52. The lowest BCUT2D eigenvalue weighted by Crippen LogP contribution is -2.38. The summed E-state index contributed by atoms with van der Waals surface area (Å²) in [6.07, 6.45) is 0. The fraction of sp³-hybridized carbons (Fsp3) is 0.103. The van der Waals surface area contributed by atoms with E-state index in [9.17, 15) is 4.79 Å². The molecule has 0 radical (unpaired) electrons. The Morgan fingerprint density at radius 2 is 1.09 bits per heavy atom. The van der Waals surface area contributed by atoms with Crippen molar-refractivity contribution in [3.05, 3.63) is 144 Å². The summed E-state index contributed by atoms with van der Waals surface area (Å²) < 4.78 is -0.868. The molecule has 3 nitrogen and oxygen atoms in total. The summed E-state index contributed by atoms with van der Waals surface area (Å²) in [5.41, 5.74) is 4.13. The second-order valence-corrected chi connectivity index (χ2v) is 9.16. The van der Waals surface area contributed by atoms with E-state index < -0.39 is 4.75 Å². The zero-order valence-electron chi connectivity index (χ0n) is 18.2. The Labute approximate surface area is 198 Å². The molecular formula is C29H24N2OS. The van der Waals surface area contributed by atoms with Crippen LogP contribution in [0.1, 0.15) is 22.3 Å². The van der Waals surface area contributed by atoms with Crippen LogP contribution in [0.5, 0.6) is 0 Å². The van der Waals surface area contributed by atoms with Crippen molar-refractivity contribution in [2.24, 2.45) is 4.99 Å². The third-order valence-electron chi connectivity index (χ3n) is 5.81. The van der Waals surface area contributed by atoms with Gasteiger partial charge in [-0.05, 0) is 22.3 Å². The predicted molar refractivity (Wildman–Crippen MR) is 136 cm³/mol. The van der Waals surface area contributed by atoms with Crippen LogP contribution in [0.3, 0.4) is 0 Å². The lowest BCUT2D eigenvalue weighted by molar-refractivity contribution is -0.128. The Morgan fingerprint density at radius 1 is 0.636 bits per heavy atom. The molecule has 0 N–H and O–H groups in total. The van der Waals surface area contributed by atoms with Crippen LogP contribution in [0, 0.1) is 0 Å². The van der Waals surface area contributed by atoms with Crippen LogP contribution in [0.2, 0.25) is 0 Å². The van der Waals surface area contributed by atoms with E-state index in [1.807, 2.05) is 102 Å². The van der Waals surface area contributed by atoms with Crippen LogP contribution < -0.4 is 0 Å². The Kier molecular flexibility index (Phi) is 6.09. The van der Waals surface area contributed by atoms with E-state index >= 15 is 0 Å².